The largest absolute Gasteiger partial charge is 0.330 e. The second-order valence-corrected chi connectivity index (χ2v) is 20.8. The molecule has 16 aromatic rings. The van der Waals surface area contributed by atoms with Crippen LogP contribution in [0.15, 0.2) is 277 Å². The van der Waals surface area contributed by atoms with Crippen molar-refractivity contribution in [2.75, 3.05) is 0 Å². The minimum atomic E-state index is -0.402. The zero-order valence-electron chi connectivity index (χ0n) is 44.0. The maximum absolute atomic E-state index is 5.48. The monoisotopic (exact) mass is 1050 g/mol. The van der Waals surface area contributed by atoms with E-state index in [1.807, 2.05) is 60.7 Å². The third kappa shape index (κ3) is 6.91. The number of aromatic nitrogens is 7. The van der Waals surface area contributed by atoms with Crippen LogP contribution in [0.1, 0.15) is 17.3 Å². The normalized spacial score (nSPS) is 13.7. The third-order valence-corrected chi connectivity index (χ3v) is 16.3. The highest BCUT2D eigenvalue weighted by atomic mass is 15.3. The van der Waals surface area contributed by atoms with Crippen LogP contribution in [0.3, 0.4) is 0 Å². The number of fused-ring (bicyclic) bond motifs is 15. The first-order valence-corrected chi connectivity index (χ1v) is 27.6. The van der Waals surface area contributed by atoms with E-state index in [-0.39, 0.29) is 0 Å². The molecular weight excluding hydrogens is 1000 g/mol. The molecule has 0 spiro atoms. The number of para-hydroxylation sites is 4. The molecule has 6 heterocycles. The molecule has 0 saturated carbocycles. The molecule has 384 valence electrons. The van der Waals surface area contributed by atoms with Gasteiger partial charge in [0.25, 0.3) is 0 Å². The quantitative estimate of drug-likeness (QED) is 0.172. The Balaban J connectivity index is 1.03. The lowest BCUT2D eigenvalue weighted by Crippen LogP contribution is -2.37. The maximum Gasteiger partial charge on any atom is 0.238 e. The lowest BCUT2D eigenvalue weighted by atomic mass is 10.1. The molecule has 1 aliphatic heterocycles. The number of amidine groups is 1. The second-order valence-electron chi connectivity index (χ2n) is 20.8. The Morgan fingerprint density at radius 2 is 0.646 bits per heavy atom. The highest BCUT2D eigenvalue weighted by Gasteiger charge is 2.30. The van der Waals surface area contributed by atoms with E-state index in [0.29, 0.717) is 29.4 Å². The Morgan fingerprint density at radius 1 is 0.293 bits per heavy atom. The van der Waals surface area contributed by atoms with Crippen LogP contribution in [-0.4, -0.2) is 45.0 Å². The fraction of sp³-hybridized carbons (Fsp3) is 0.0139. The van der Waals surface area contributed by atoms with Gasteiger partial charge >= 0.3 is 0 Å². The highest BCUT2D eigenvalue weighted by Crippen LogP contribution is 2.48. The predicted molar refractivity (Wildman–Crippen MR) is 335 cm³/mol. The van der Waals surface area contributed by atoms with Crippen molar-refractivity contribution in [1.82, 2.24) is 38.5 Å². The summed E-state index contributed by atoms with van der Waals surface area (Å²) < 4.78 is 9.61. The van der Waals surface area contributed by atoms with E-state index in [1.165, 1.54) is 0 Å². The zero-order valence-corrected chi connectivity index (χ0v) is 44.0. The van der Waals surface area contributed by atoms with Gasteiger partial charge in [0.2, 0.25) is 11.9 Å². The van der Waals surface area contributed by atoms with Crippen LogP contribution >= 0.6 is 0 Å². The highest BCUT2D eigenvalue weighted by molar-refractivity contribution is 6.32. The molecule has 0 saturated heterocycles. The zero-order chi connectivity index (χ0) is 53.8. The van der Waals surface area contributed by atoms with Crippen LogP contribution in [0.5, 0.6) is 0 Å². The number of benzene rings is 11. The van der Waals surface area contributed by atoms with Gasteiger partial charge in [-0.25, -0.2) is 9.98 Å². The number of aliphatic imine (C=N–C) groups is 2. The molecule has 1 atom stereocenters. The lowest BCUT2D eigenvalue weighted by molar-refractivity contribution is 0.661. The summed E-state index contributed by atoms with van der Waals surface area (Å²) in [6.45, 7) is 0. The van der Waals surface area contributed by atoms with Gasteiger partial charge in [-0.2, -0.15) is 15.0 Å². The lowest BCUT2D eigenvalue weighted by Gasteiger charge is -2.25. The molecule has 10 nitrogen and oxygen atoms in total. The van der Waals surface area contributed by atoms with E-state index in [1.54, 1.807) is 0 Å². The molecule has 1 aliphatic rings. The molecule has 5 aromatic heterocycles. The predicted octanol–water partition coefficient (Wildman–Crippen LogP) is 16.6. The van der Waals surface area contributed by atoms with Crippen LogP contribution in [-0.2, 0) is 0 Å². The van der Waals surface area contributed by atoms with Crippen LogP contribution in [0.25, 0.3) is 127 Å². The first kappa shape index (κ1) is 45.8. The van der Waals surface area contributed by atoms with Crippen molar-refractivity contribution in [3.63, 3.8) is 0 Å². The standard InChI is InChI=1S/C72H46N10/c1-7-23-45(24-8-1)67-73-68(46-25-9-2-10-26-46)76-71(75-67)81-59-37-21-19-35-51(59)53-39-41-57-55-43-44-56-58-42-40-54-52-36-20-22-38-60(52)82(72-77-69(47-27-11-3-12-28-47)74-70(78-72)48-29-13-4-14-30-48)66(54)64(58)80(50-33-17-6-18-34-50)62(56)61(55)79(63(57)65(53)81)49-31-15-5-16-32-49/h1-44,67H,(H,73,75,76). The van der Waals surface area contributed by atoms with Crippen molar-refractivity contribution in [3.8, 4) is 40.1 Å². The van der Waals surface area contributed by atoms with Gasteiger partial charge in [0.15, 0.2) is 17.5 Å². The molecule has 0 bridgehead atoms. The summed E-state index contributed by atoms with van der Waals surface area (Å²) in [7, 11) is 0. The minimum absolute atomic E-state index is 0.402. The average Bonchev–Trinajstić information content (AvgIpc) is 2.15. The van der Waals surface area contributed by atoms with Crippen molar-refractivity contribution < 1.29 is 0 Å². The average molecular weight is 1050 g/mol. The van der Waals surface area contributed by atoms with Crippen molar-refractivity contribution >= 4 is 99.0 Å². The summed E-state index contributed by atoms with van der Waals surface area (Å²) in [6, 6.07) is 94.0. The number of nitrogens with zero attached hydrogens (tertiary/aromatic N) is 9. The van der Waals surface area contributed by atoms with E-state index in [4.69, 9.17) is 24.9 Å². The first-order valence-electron chi connectivity index (χ1n) is 27.6. The van der Waals surface area contributed by atoms with Crippen LogP contribution in [0, 0.1) is 0 Å². The minimum Gasteiger partial charge on any atom is -0.330 e. The van der Waals surface area contributed by atoms with Gasteiger partial charge in [-0.05, 0) is 42.0 Å². The van der Waals surface area contributed by atoms with Crippen molar-refractivity contribution in [2.45, 2.75) is 6.17 Å². The van der Waals surface area contributed by atoms with Gasteiger partial charge in [0.1, 0.15) is 6.17 Å². The molecular formula is C72H46N10. The van der Waals surface area contributed by atoms with Gasteiger partial charge in [0, 0.05) is 71.2 Å². The molecule has 1 N–H and O–H groups in total. The number of rotatable bonds is 7. The molecule has 0 amide bonds. The number of nitrogens with one attached hydrogen (secondary N) is 1. The van der Waals surface area contributed by atoms with E-state index in [9.17, 15) is 0 Å². The second kappa shape index (κ2) is 18.2. The van der Waals surface area contributed by atoms with E-state index in [0.717, 1.165) is 121 Å². The molecule has 1 unspecified atom stereocenters. The maximum atomic E-state index is 5.48. The Labute approximate surface area is 469 Å². The summed E-state index contributed by atoms with van der Waals surface area (Å²) in [5.41, 5.74) is 14.1. The Bertz CT molecular complexity index is 5220. The van der Waals surface area contributed by atoms with Gasteiger partial charge < -0.3 is 14.5 Å². The third-order valence-electron chi connectivity index (χ3n) is 16.3. The van der Waals surface area contributed by atoms with Crippen molar-refractivity contribution in [2.24, 2.45) is 9.98 Å². The van der Waals surface area contributed by atoms with E-state index in [2.05, 4.69) is 230 Å². The molecule has 0 radical (unpaired) electrons. The van der Waals surface area contributed by atoms with Crippen LogP contribution in [0.2, 0.25) is 0 Å². The summed E-state index contributed by atoms with van der Waals surface area (Å²) in [6.07, 6.45) is -0.402. The molecule has 82 heavy (non-hydrogen) atoms. The fourth-order valence-electron chi connectivity index (χ4n) is 12.7. The van der Waals surface area contributed by atoms with Crippen molar-refractivity contribution in [1.29, 1.82) is 0 Å². The van der Waals surface area contributed by atoms with Crippen LogP contribution < -0.4 is 5.32 Å². The van der Waals surface area contributed by atoms with E-state index >= 15 is 0 Å². The van der Waals surface area contributed by atoms with Crippen LogP contribution in [0.4, 0.5) is 0 Å². The molecule has 0 fully saturated rings. The van der Waals surface area contributed by atoms with Crippen molar-refractivity contribution in [3.05, 3.63) is 278 Å². The Morgan fingerprint density at radius 3 is 1.11 bits per heavy atom. The molecule has 11 aromatic carbocycles. The van der Waals surface area contributed by atoms with Gasteiger partial charge in [0.05, 0.1) is 44.1 Å². The summed E-state index contributed by atoms with van der Waals surface area (Å²) in [5, 5.41) is 12.7. The van der Waals surface area contributed by atoms with E-state index < -0.39 is 6.17 Å². The summed E-state index contributed by atoms with van der Waals surface area (Å²) >= 11 is 0. The molecule has 0 aliphatic carbocycles. The molecule has 10 heteroatoms. The summed E-state index contributed by atoms with van der Waals surface area (Å²) in [4.78, 5) is 26.7. The summed E-state index contributed by atoms with van der Waals surface area (Å²) in [5.74, 6) is 3.07. The molecule has 17 rings (SSSR count). The Hall–Kier alpha value is -11.2. The smallest absolute Gasteiger partial charge is 0.238 e. The first-order chi connectivity index (χ1) is 40.7. The number of hydrogen-bond donors (Lipinski definition) is 1. The van der Waals surface area contributed by atoms with Gasteiger partial charge in [-0.1, -0.05) is 231 Å². The SMILES string of the molecule is c1ccc(C2=NC(c3ccccc3)NC(n3c4ccccc4c4ccc5c6ccc7c8ccc9c%10ccccc%10n(-c%10nc(-c%11ccccc%11)nc(-c%11ccccc%11)n%10)c9c8n(-c8ccccc8)c7c6n(-c6ccccc6)c5c43)=N2)cc1. The topological polar surface area (TPSA) is 95.1 Å². The van der Waals surface area contributed by atoms with Gasteiger partial charge in [-0.15, -0.1) is 0 Å². The van der Waals surface area contributed by atoms with Gasteiger partial charge in [-0.3, -0.25) is 9.13 Å². The number of hydrogen-bond acceptors (Lipinski definition) is 6. The fourth-order valence-corrected chi connectivity index (χ4v) is 12.7. The Kier molecular flexibility index (Phi) is 10.1.